The molecule has 3 aromatic carbocycles. The van der Waals surface area contributed by atoms with E-state index in [2.05, 4.69) is 5.32 Å². The van der Waals surface area contributed by atoms with Crippen LogP contribution in [-0.4, -0.2) is 42.0 Å². The monoisotopic (exact) mass is 502 g/mol. The quantitative estimate of drug-likeness (QED) is 0.336. The topological polar surface area (TPSA) is 67.9 Å². The van der Waals surface area contributed by atoms with Crippen molar-refractivity contribution in [3.63, 3.8) is 0 Å². The van der Waals surface area contributed by atoms with E-state index in [-0.39, 0.29) is 18.2 Å². The van der Waals surface area contributed by atoms with E-state index in [1.807, 2.05) is 106 Å². The van der Waals surface area contributed by atoms with Crippen molar-refractivity contribution in [3.05, 3.63) is 96.1 Å². The lowest BCUT2D eigenvalue weighted by Gasteiger charge is -2.34. The molecule has 0 aliphatic carbocycles. The van der Waals surface area contributed by atoms with Gasteiger partial charge in [0, 0.05) is 24.9 Å². The summed E-state index contributed by atoms with van der Waals surface area (Å²) in [7, 11) is 1.62. The number of nitrogens with one attached hydrogen (secondary N) is 1. The lowest BCUT2D eigenvalue weighted by Crippen LogP contribution is -2.54. The van der Waals surface area contributed by atoms with Gasteiger partial charge in [-0.3, -0.25) is 9.59 Å². The van der Waals surface area contributed by atoms with E-state index in [0.717, 1.165) is 22.6 Å². The van der Waals surface area contributed by atoms with Gasteiger partial charge < -0.3 is 19.7 Å². The van der Waals surface area contributed by atoms with E-state index in [1.165, 1.54) is 0 Å². The first-order valence-corrected chi connectivity index (χ1v) is 12.7. The SMILES string of the molecule is COc1ccc(OCCCC(=O)N(Cc2ccccc2)[C@@H](Cc2ccccc2)C(=O)NC(C)(C)C)cc1. The average Bonchev–Trinajstić information content (AvgIpc) is 2.89. The Morgan fingerprint density at radius 1 is 0.838 bits per heavy atom. The Morgan fingerprint density at radius 3 is 1.97 bits per heavy atom. The van der Waals surface area contributed by atoms with Crippen molar-refractivity contribution in [1.82, 2.24) is 10.2 Å². The van der Waals surface area contributed by atoms with Crippen LogP contribution in [0.5, 0.6) is 11.5 Å². The number of rotatable bonds is 12. The first-order chi connectivity index (χ1) is 17.7. The van der Waals surface area contributed by atoms with Crippen LogP contribution in [0.25, 0.3) is 0 Å². The molecule has 0 unspecified atom stereocenters. The van der Waals surface area contributed by atoms with Crippen molar-refractivity contribution >= 4 is 11.8 Å². The fraction of sp³-hybridized carbons (Fsp3) is 0.355. The van der Waals surface area contributed by atoms with Crippen LogP contribution in [0, 0.1) is 0 Å². The van der Waals surface area contributed by atoms with Gasteiger partial charge in [0.25, 0.3) is 0 Å². The predicted octanol–water partition coefficient (Wildman–Crippen LogP) is 5.41. The highest BCUT2D eigenvalue weighted by Crippen LogP contribution is 2.19. The minimum absolute atomic E-state index is 0.0767. The normalized spacial score (nSPS) is 11.9. The third-order valence-corrected chi connectivity index (χ3v) is 5.83. The Balaban J connectivity index is 1.76. The summed E-state index contributed by atoms with van der Waals surface area (Å²) in [5.41, 5.74) is 1.57. The zero-order valence-corrected chi connectivity index (χ0v) is 22.3. The van der Waals surface area contributed by atoms with Gasteiger partial charge in [0.2, 0.25) is 11.8 Å². The van der Waals surface area contributed by atoms with Crippen LogP contribution >= 0.6 is 0 Å². The Kier molecular flexibility index (Phi) is 10.1. The van der Waals surface area contributed by atoms with Crippen LogP contribution in [0.4, 0.5) is 0 Å². The molecule has 37 heavy (non-hydrogen) atoms. The van der Waals surface area contributed by atoms with Gasteiger partial charge >= 0.3 is 0 Å². The predicted molar refractivity (Wildman–Crippen MR) is 147 cm³/mol. The Hall–Kier alpha value is -3.80. The Bertz CT molecular complexity index is 1110. The second-order valence-electron chi connectivity index (χ2n) is 10.1. The largest absolute Gasteiger partial charge is 0.497 e. The van der Waals surface area contributed by atoms with Crippen LogP contribution < -0.4 is 14.8 Å². The maximum atomic E-state index is 13.6. The fourth-order valence-electron chi connectivity index (χ4n) is 4.02. The summed E-state index contributed by atoms with van der Waals surface area (Å²) in [6, 6.07) is 26.4. The molecule has 2 amide bonds. The molecule has 0 bridgehead atoms. The molecule has 1 N–H and O–H groups in total. The van der Waals surface area contributed by atoms with E-state index in [4.69, 9.17) is 9.47 Å². The summed E-state index contributed by atoms with van der Waals surface area (Å²) in [5, 5.41) is 3.09. The maximum absolute atomic E-state index is 13.6. The first-order valence-electron chi connectivity index (χ1n) is 12.7. The number of benzene rings is 3. The molecule has 0 fully saturated rings. The molecule has 0 aliphatic rings. The number of carbonyl (C=O) groups is 2. The van der Waals surface area contributed by atoms with Gasteiger partial charge in [0.1, 0.15) is 17.5 Å². The van der Waals surface area contributed by atoms with Crippen LogP contribution in [0.2, 0.25) is 0 Å². The summed E-state index contributed by atoms with van der Waals surface area (Å²) < 4.78 is 11.0. The molecule has 0 heterocycles. The van der Waals surface area contributed by atoms with Crippen molar-refractivity contribution in [2.45, 2.75) is 58.2 Å². The molecule has 0 saturated carbocycles. The highest BCUT2D eigenvalue weighted by Gasteiger charge is 2.32. The third-order valence-electron chi connectivity index (χ3n) is 5.83. The minimum atomic E-state index is -0.642. The zero-order valence-electron chi connectivity index (χ0n) is 22.3. The summed E-state index contributed by atoms with van der Waals surface area (Å²) in [5.74, 6) is 1.25. The lowest BCUT2D eigenvalue weighted by atomic mass is 10.00. The molecule has 0 aromatic heterocycles. The molecule has 196 valence electrons. The summed E-state index contributed by atoms with van der Waals surface area (Å²) >= 11 is 0. The molecule has 0 aliphatic heterocycles. The van der Waals surface area contributed by atoms with Crippen molar-refractivity contribution in [3.8, 4) is 11.5 Å². The lowest BCUT2D eigenvalue weighted by molar-refractivity contribution is -0.142. The van der Waals surface area contributed by atoms with Gasteiger partial charge in [-0.1, -0.05) is 60.7 Å². The minimum Gasteiger partial charge on any atom is -0.497 e. The van der Waals surface area contributed by atoms with Gasteiger partial charge in [0.05, 0.1) is 13.7 Å². The number of nitrogens with zero attached hydrogens (tertiary/aromatic N) is 1. The van der Waals surface area contributed by atoms with Crippen LogP contribution in [-0.2, 0) is 22.6 Å². The van der Waals surface area contributed by atoms with Gasteiger partial charge in [-0.15, -0.1) is 0 Å². The molecule has 0 radical (unpaired) electrons. The number of hydrogen-bond donors (Lipinski definition) is 1. The summed E-state index contributed by atoms with van der Waals surface area (Å²) in [6.45, 7) is 6.60. The van der Waals surface area contributed by atoms with Crippen molar-refractivity contribution in [2.24, 2.45) is 0 Å². The van der Waals surface area contributed by atoms with E-state index >= 15 is 0 Å². The van der Waals surface area contributed by atoms with Crippen molar-refractivity contribution in [2.75, 3.05) is 13.7 Å². The Morgan fingerprint density at radius 2 is 1.41 bits per heavy atom. The molecule has 6 nitrogen and oxygen atoms in total. The number of amides is 2. The van der Waals surface area contributed by atoms with Crippen LogP contribution in [0.1, 0.15) is 44.7 Å². The van der Waals surface area contributed by atoms with Gasteiger partial charge in [-0.05, 0) is 62.6 Å². The first kappa shape index (κ1) is 27.8. The van der Waals surface area contributed by atoms with Gasteiger partial charge in [-0.2, -0.15) is 0 Å². The van der Waals surface area contributed by atoms with Gasteiger partial charge in [-0.25, -0.2) is 0 Å². The molecule has 3 aromatic rings. The molecule has 3 rings (SSSR count). The fourth-order valence-corrected chi connectivity index (χ4v) is 4.02. The standard InChI is InChI=1S/C31H38N2O4/c1-31(2,3)32-30(35)28(22-24-12-7-5-8-13-24)33(23-25-14-9-6-10-15-25)29(34)16-11-21-37-27-19-17-26(36-4)18-20-27/h5-10,12-15,17-20,28H,11,16,21-23H2,1-4H3,(H,32,35)/t28-/m0/s1. The maximum Gasteiger partial charge on any atom is 0.243 e. The summed E-state index contributed by atoms with van der Waals surface area (Å²) in [6.07, 6.45) is 1.25. The van der Waals surface area contributed by atoms with E-state index in [0.29, 0.717) is 26.0 Å². The number of methoxy groups -OCH3 is 1. The van der Waals surface area contributed by atoms with Gasteiger partial charge in [0.15, 0.2) is 0 Å². The third kappa shape index (κ3) is 9.30. The molecule has 6 heteroatoms. The molecule has 0 spiro atoms. The zero-order chi connectivity index (χ0) is 26.7. The average molecular weight is 503 g/mol. The molecular formula is C31H38N2O4. The van der Waals surface area contributed by atoms with E-state index < -0.39 is 11.6 Å². The molecule has 1 atom stereocenters. The van der Waals surface area contributed by atoms with Crippen LogP contribution in [0.3, 0.4) is 0 Å². The second-order valence-corrected chi connectivity index (χ2v) is 10.1. The van der Waals surface area contributed by atoms with Crippen molar-refractivity contribution in [1.29, 1.82) is 0 Å². The summed E-state index contributed by atoms with van der Waals surface area (Å²) in [4.78, 5) is 28.9. The van der Waals surface area contributed by atoms with E-state index in [9.17, 15) is 9.59 Å². The molecular weight excluding hydrogens is 464 g/mol. The number of carbonyl (C=O) groups excluding carboxylic acids is 2. The highest BCUT2D eigenvalue weighted by molar-refractivity contribution is 5.88. The van der Waals surface area contributed by atoms with E-state index in [1.54, 1.807) is 12.0 Å². The van der Waals surface area contributed by atoms with Crippen molar-refractivity contribution < 1.29 is 19.1 Å². The smallest absolute Gasteiger partial charge is 0.243 e. The Labute approximate surface area is 220 Å². The van der Waals surface area contributed by atoms with Crippen LogP contribution in [0.15, 0.2) is 84.9 Å². The highest BCUT2D eigenvalue weighted by atomic mass is 16.5. The molecule has 0 saturated heterocycles. The number of hydrogen-bond acceptors (Lipinski definition) is 4. The second kappa shape index (κ2) is 13.5. The number of ether oxygens (including phenoxy) is 2.